The van der Waals surface area contributed by atoms with E-state index >= 15 is 0 Å². The Bertz CT molecular complexity index is 567. The molecule has 20 heavy (non-hydrogen) atoms. The SMILES string of the molecule is COc1ccc(CN(C)Cc2ccc(O)c(N)c2)cc1. The molecule has 0 radical (unpaired) electrons. The molecule has 0 atom stereocenters. The van der Waals surface area contributed by atoms with Crippen molar-refractivity contribution in [1.82, 2.24) is 4.90 Å². The third kappa shape index (κ3) is 3.65. The highest BCUT2D eigenvalue weighted by atomic mass is 16.5. The number of nitrogens with two attached hydrogens (primary N) is 1. The van der Waals surface area contributed by atoms with E-state index in [1.165, 1.54) is 5.56 Å². The standard InChI is InChI=1S/C16H20N2O2/c1-18(10-12-3-6-14(20-2)7-4-12)11-13-5-8-16(19)15(17)9-13/h3-9,19H,10-11,17H2,1-2H3. The molecular weight excluding hydrogens is 252 g/mol. The van der Waals surface area contributed by atoms with Crippen LogP contribution in [0.4, 0.5) is 5.69 Å². The first-order valence-electron chi connectivity index (χ1n) is 6.47. The van der Waals surface area contributed by atoms with E-state index in [4.69, 9.17) is 10.5 Å². The Morgan fingerprint density at radius 2 is 1.65 bits per heavy atom. The second-order valence-corrected chi connectivity index (χ2v) is 4.91. The van der Waals surface area contributed by atoms with E-state index in [0.717, 1.165) is 24.4 Å². The molecule has 2 aromatic rings. The first kappa shape index (κ1) is 14.2. The molecule has 0 unspecified atom stereocenters. The van der Waals surface area contributed by atoms with Gasteiger partial charge in [0.05, 0.1) is 12.8 Å². The Labute approximate surface area is 119 Å². The highest BCUT2D eigenvalue weighted by molar-refractivity contribution is 5.53. The zero-order chi connectivity index (χ0) is 14.5. The lowest BCUT2D eigenvalue weighted by atomic mass is 10.1. The van der Waals surface area contributed by atoms with Crippen molar-refractivity contribution >= 4 is 5.69 Å². The number of phenols is 1. The summed E-state index contributed by atoms with van der Waals surface area (Å²) in [4.78, 5) is 2.19. The van der Waals surface area contributed by atoms with Crippen molar-refractivity contribution in [3.05, 3.63) is 53.6 Å². The number of rotatable bonds is 5. The molecule has 0 amide bonds. The summed E-state index contributed by atoms with van der Waals surface area (Å²) in [6, 6.07) is 13.4. The number of benzene rings is 2. The van der Waals surface area contributed by atoms with E-state index in [-0.39, 0.29) is 5.75 Å². The van der Waals surface area contributed by atoms with Crippen LogP contribution in [0.5, 0.6) is 11.5 Å². The van der Waals surface area contributed by atoms with Crippen molar-refractivity contribution in [3.8, 4) is 11.5 Å². The normalized spacial score (nSPS) is 10.8. The second kappa shape index (κ2) is 6.30. The summed E-state index contributed by atoms with van der Waals surface area (Å²) in [7, 11) is 3.71. The van der Waals surface area contributed by atoms with E-state index in [1.807, 2.05) is 25.2 Å². The Kier molecular flexibility index (Phi) is 4.48. The summed E-state index contributed by atoms with van der Waals surface area (Å²) in [5.41, 5.74) is 8.42. The molecule has 0 spiro atoms. The predicted octanol–water partition coefficient (Wildman–Crippen LogP) is 2.62. The molecule has 3 N–H and O–H groups in total. The minimum Gasteiger partial charge on any atom is -0.506 e. The summed E-state index contributed by atoms with van der Waals surface area (Å²) in [5, 5.41) is 9.41. The molecule has 106 valence electrons. The fourth-order valence-electron chi connectivity index (χ4n) is 2.11. The van der Waals surface area contributed by atoms with Crippen LogP contribution in [0, 0.1) is 0 Å². The Morgan fingerprint density at radius 1 is 1.05 bits per heavy atom. The van der Waals surface area contributed by atoms with Crippen LogP contribution in [0.15, 0.2) is 42.5 Å². The number of aromatic hydroxyl groups is 1. The first-order valence-corrected chi connectivity index (χ1v) is 6.47. The van der Waals surface area contributed by atoms with Gasteiger partial charge in [0, 0.05) is 13.1 Å². The lowest BCUT2D eigenvalue weighted by molar-refractivity contribution is 0.318. The molecule has 0 aliphatic rings. The topological polar surface area (TPSA) is 58.7 Å². The molecule has 0 saturated carbocycles. The summed E-state index contributed by atoms with van der Waals surface area (Å²) < 4.78 is 5.14. The molecule has 2 aromatic carbocycles. The number of hydrogen-bond donors (Lipinski definition) is 2. The predicted molar refractivity (Wildman–Crippen MR) is 80.7 cm³/mol. The van der Waals surface area contributed by atoms with Gasteiger partial charge in [0.15, 0.2) is 0 Å². The van der Waals surface area contributed by atoms with Crippen molar-refractivity contribution in [3.63, 3.8) is 0 Å². The first-order chi connectivity index (χ1) is 9.58. The third-order valence-electron chi connectivity index (χ3n) is 3.16. The van der Waals surface area contributed by atoms with Gasteiger partial charge >= 0.3 is 0 Å². The van der Waals surface area contributed by atoms with Crippen LogP contribution in [0.2, 0.25) is 0 Å². The van der Waals surface area contributed by atoms with Crippen LogP contribution in [0.25, 0.3) is 0 Å². The zero-order valence-electron chi connectivity index (χ0n) is 11.8. The van der Waals surface area contributed by atoms with Crippen molar-refractivity contribution in [1.29, 1.82) is 0 Å². The minimum absolute atomic E-state index is 0.131. The number of anilines is 1. The van der Waals surface area contributed by atoms with Gasteiger partial charge in [-0.05, 0) is 42.4 Å². The minimum atomic E-state index is 0.131. The number of nitrogens with zero attached hydrogens (tertiary/aromatic N) is 1. The maximum Gasteiger partial charge on any atom is 0.138 e. The monoisotopic (exact) mass is 272 g/mol. The number of nitrogen functional groups attached to an aromatic ring is 1. The Morgan fingerprint density at radius 3 is 2.25 bits per heavy atom. The lowest BCUT2D eigenvalue weighted by Crippen LogP contribution is -2.17. The van der Waals surface area contributed by atoms with E-state index in [2.05, 4.69) is 17.0 Å². The van der Waals surface area contributed by atoms with Gasteiger partial charge in [0.25, 0.3) is 0 Å². The van der Waals surface area contributed by atoms with Gasteiger partial charge in [-0.2, -0.15) is 0 Å². The van der Waals surface area contributed by atoms with Gasteiger partial charge in [-0.3, -0.25) is 4.90 Å². The average molecular weight is 272 g/mol. The summed E-state index contributed by atoms with van der Waals surface area (Å²) in [6.07, 6.45) is 0. The van der Waals surface area contributed by atoms with Gasteiger partial charge in [-0.25, -0.2) is 0 Å². The molecule has 2 rings (SSSR count). The van der Waals surface area contributed by atoms with Crippen molar-refractivity contribution in [2.45, 2.75) is 13.1 Å². The van der Waals surface area contributed by atoms with E-state index < -0.39 is 0 Å². The molecule has 0 aliphatic heterocycles. The zero-order valence-corrected chi connectivity index (χ0v) is 11.8. The van der Waals surface area contributed by atoms with Crippen LogP contribution in [0.1, 0.15) is 11.1 Å². The molecule has 0 aliphatic carbocycles. The average Bonchev–Trinajstić information content (AvgIpc) is 2.44. The fraction of sp³-hybridized carbons (Fsp3) is 0.250. The highest BCUT2D eigenvalue weighted by Crippen LogP contribution is 2.21. The van der Waals surface area contributed by atoms with Crippen molar-refractivity contribution < 1.29 is 9.84 Å². The van der Waals surface area contributed by atoms with Crippen LogP contribution in [-0.2, 0) is 13.1 Å². The van der Waals surface area contributed by atoms with Gasteiger partial charge in [-0.15, -0.1) is 0 Å². The van der Waals surface area contributed by atoms with Crippen LogP contribution in [-0.4, -0.2) is 24.2 Å². The number of phenolic OH excluding ortho intramolecular Hbond substituents is 1. The van der Waals surface area contributed by atoms with E-state index in [1.54, 1.807) is 19.2 Å². The lowest BCUT2D eigenvalue weighted by Gasteiger charge is -2.17. The maximum absolute atomic E-state index is 9.41. The number of hydrogen-bond acceptors (Lipinski definition) is 4. The number of ether oxygens (including phenoxy) is 1. The maximum atomic E-state index is 9.41. The fourth-order valence-corrected chi connectivity index (χ4v) is 2.11. The van der Waals surface area contributed by atoms with Gasteiger partial charge in [-0.1, -0.05) is 18.2 Å². The Balaban J connectivity index is 1.97. The Hall–Kier alpha value is -2.20. The van der Waals surface area contributed by atoms with Gasteiger partial charge in [0.1, 0.15) is 11.5 Å². The van der Waals surface area contributed by atoms with Crippen molar-refractivity contribution in [2.24, 2.45) is 0 Å². The quantitative estimate of drug-likeness (QED) is 0.649. The van der Waals surface area contributed by atoms with E-state index in [0.29, 0.717) is 5.69 Å². The molecule has 4 heteroatoms. The van der Waals surface area contributed by atoms with Crippen LogP contribution < -0.4 is 10.5 Å². The highest BCUT2D eigenvalue weighted by Gasteiger charge is 2.04. The summed E-state index contributed by atoms with van der Waals surface area (Å²) in [6.45, 7) is 1.61. The second-order valence-electron chi connectivity index (χ2n) is 4.91. The molecule has 0 aromatic heterocycles. The molecule has 0 fully saturated rings. The summed E-state index contributed by atoms with van der Waals surface area (Å²) >= 11 is 0. The number of methoxy groups -OCH3 is 1. The molecule has 4 nitrogen and oxygen atoms in total. The van der Waals surface area contributed by atoms with Crippen molar-refractivity contribution in [2.75, 3.05) is 19.9 Å². The molecule has 0 bridgehead atoms. The van der Waals surface area contributed by atoms with Crippen LogP contribution in [0.3, 0.4) is 0 Å². The molecule has 0 heterocycles. The largest absolute Gasteiger partial charge is 0.506 e. The molecule has 0 saturated heterocycles. The van der Waals surface area contributed by atoms with E-state index in [9.17, 15) is 5.11 Å². The molecular formula is C16H20N2O2. The van der Waals surface area contributed by atoms with Crippen LogP contribution >= 0.6 is 0 Å². The van der Waals surface area contributed by atoms with Gasteiger partial charge < -0.3 is 15.6 Å². The third-order valence-corrected chi connectivity index (χ3v) is 3.16. The van der Waals surface area contributed by atoms with Gasteiger partial charge in [0.2, 0.25) is 0 Å². The summed E-state index contributed by atoms with van der Waals surface area (Å²) in [5.74, 6) is 0.995. The smallest absolute Gasteiger partial charge is 0.138 e.